The molecule has 0 amide bonds. The number of benzene rings is 2. The van der Waals surface area contributed by atoms with E-state index in [-0.39, 0.29) is 0 Å². The molecule has 0 saturated carbocycles. The third-order valence-electron chi connectivity index (χ3n) is 4.52. The van der Waals surface area contributed by atoms with Gasteiger partial charge in [0, 0.05) is 23.3 Å². The molecule has 0 atom stereocenters. The average Bonchev–Trinajstić information content (AvgIpc) is 3.11. The van der Waals surface area contributed by atoms with Crippen LogP contribution in [-0.2, 0) is 6.42 Å². The molecule has 4 nitrogen and oxygen atoms in total. The van der Waals surface area contributed by atoms with Gasteiger partial charge in [-0.2, -0.15) is 5.10 Å². The fourth-order valence-electron chi connectivity index (χ4n) is 3.15. The van der Waals surface area contributed by atoms with E-state index >= 15 is 0 Å². The van der Waals surface area contributed by atoms with Crippen molar-refractivity contribution in [2.75, 3.05) is 11.9 Å². The number of hydrogen-bond donors (Lipinski definition) is 1. The lowest BCUT2D eigenvalue weighted by atomic mass is 10.1. The van der Waals surface area contributed by atoms with Crippen molar-refractivity contribution in [1.82, 2.24) is 14.8 Å². The van der Waals surface area contributed by atoms with Crippen LogP contribution in [0.15, 0.2) is 79.0 Å². The summed E-state index contributed by atoms with van der Waals surface area (Å²) in [5, 5.41) is 8.78. The van der Waals surface area contributed by atoms with Gasteiger partial charge in [-0.3, -0.25) is 0 Å². The molecule has 2 heterocycles. The number of nitrogens with zero attached hydrogens (tertiary/aromatic N) is 3. The largest absolute Gasteiger partial charge is 0.370 e. The fraction of sp³-hybridized carbons (Fsp3) is 0.130. The van der Waals surface area contributed by atoms with Gasteiger partial charge in [0.1, 0.15) is 5.82 Å². The van der Waals surface area contributed by atoms with Crippen molar-refractivity contribution in [2.45, 2.75) is 13.3 Å². The van der Waals surface area contributed by atoms with Crippen molar-refractivity contribution in [1.29, 1.82) is 0 Å². The van der Waals surface area contributed by atoms with E-state index in [2.05, 4.69) is 51.8 Å². The number of nitrogens with one attached hydrogen (secondary N) is 1. The van der Waals surface area contributed by atoms with Crippen molar-refractivity contribution in [2.24, 2.45) is 0 Å². The first-order chi connectivity index (χ1) is 13.7. The zero-order chi connectivity index (χ0) is 19.3. The Morgan fingerprint density at radius 3 is 2.54 bits per heavy atom. The number of rotatable bonds is 6. The van der Waals surface area contributed by atoms with Crippen LogP contribution >= 0.6 is 11.6 Å². The monoisotopic (exact) mass is 388 g/mol. The Hall–Kier alpha value is -3.11. The van der Waals surface area contributed by atoms with Gasteiger partial charge in [-0.15, -0.1) is 0 Å². The number of pyridine rings is 1. The molecule has 140 valence electrons. The molecule has 0 aliphatic rings. The van der Waals surface area contributed by atoms with E-state index in [1.807, 2.05) is 54.2 Å². The molecule has 0 aliphatic carbocycles. The van der Waals surface area contributed by atoms with Gasteiger partial charge in [0.25, 0.3) is 0 Å². The summed E-state index contributed by atoms with van der Waals surface area (Å²) in [6, 6.07) is 24.3. The Kier molecular flexibility index (Phi) is 5.40. The quantitative estimate of drug-likeness (QED) is 0.470. The van der Waals surface area contributed by atoms with Crippen LogP contribution in [0.4, 0.5) is 5.82 Å². The number of aryl methyl sites for hydroxylation is 1. The smallest absolute Gasteiger partial charge is 0.126 e. The highest BCUT2D eigenvalue weighted by atomic mass is 35.5. The lowest BCUT2D eigenvalue weighted by Crippen LogP contribution is -2.06. The van der Waals surface area contributed by atoms with Gasteiger partial charge in [0.05, 0.1) is 17.1 Å². The molecule has 2 aromatic heterocycles. The van der Waals surface area contributed by atoms with E-state index < -0.39 is 0 Å². The first-order valence-electron chi connectivity index (χ1n) is 9.26. The first-order valence-corrected chi connectivity index (χ1v) is 9.64. The topological polar surface area (TPSA) is 42.7 Å². The third kappa shape index (κ3) is 4.24. The fourth-order valence-corrected chi connectivity index (χ4v) is 3.28. The Morgan fingerprint density at radius 1 is 0.964 bits per heavy atom. The van der Waals surface area contributed by atoms with Crippen molar-refractivity contribution in [3.63, 3.8) is 0 Å². The van der Waals surface area contributed by atoms with Crippen molar-refractivity contribution in [3.05, 3.63) is 95.3 Å². The molecule has 0 fully saturated rings. The van der Waals surface area contributed by atoms with Gasteiger partial charge in [-0.05, 0) is 61.4 Å². The van der Waals surface area contributed by atoms with Gasteiger partial charge >= 0.3 is 0 Å². The predicted molar refractivity (Wildman–Crippen MR) is 115 cm³/mol. The average molecular weight is 389 g/mol. The number of halogens is 1. The summed E-state index contributed by atoms with van der Waals surface area (Å²) < 4.78 is 1.94. The third-order valence-corrected chi connectivity index (χ3v) is 4.77. The minimum Gasteiger partial charge on any atom is -0.370 e. The van der Waals surface area contributed by atoms with Crippen molar-refractivity contribution < 1.29 is 0 Å². The summed E-state index contributed by atoms with van der Waals surface area (Å²) in [5.41, 5.74) is 5.33. The molecule has 0 spiro atoms. The predicted octanol–water partition coefficient (Wildman–Crippen LogP) is 5.55. The molecule has 0 radical (unpaired) electrons. The highest BCUT2D eigenvalue weighted by Crippen LogP contribution is 2.26. The number of aromatic nitrogens is 3. The van der Waals surface area contributed by atoms with E-state index in [1.54, 1.807) is 0 Å². The summed E-state index contributed by atoms with van der Waals surface area (Å²) in [5.74, 6) is 0.856. The summed E-state index contributed by atoms with van der Waals surface area (Å²) in [7, 11) is 0. The molecule has 4 aromatic rings. The lowest BCUT2D eigenvalue weighted by Gasteiger charge is -2.10. The van der Waals surface area contributed by atoms with Crippen LogP contribution in [-0.4, -0.2) is 21.3 Å². The highest BCUT2D eigenvalue weighted by molar-refractivity contribution is 6.30. The summed E-state index contributed by atoms with van der Waals surface area (Å²) in [4.78, 5) is 4.46. The Labute approximate surface area is 169 Å². The van der Waals surface area contributed by atoms with Gasteiger partial charge in [0.2, 0.25) is 0 Å². The Bertz CT molecular complexity index is 1060. The molecule has 0 bridgehead atoms. The number of anilines is 1. The maximum Gasteiger partial charge on any atom is 0.126 e. The summed E-state index contributed by atoms with van der Waals surface area (Å²) in [6.45, 7) is 2.83. The Morgan fingerprint density at radius 2 is 1.75 bits per heavy atom. The molecule has 28 heavy (non-hydrogen) atoms. The van der Waals surface area contributed by atoms with E-state index in [0.29, 0.717) is 5.02 Å². The molecular formula is C23H21ClN4. The van der Waals surface area contributed by atoms with Crippen molar-refractivity contribution in [3.8, 4) is 16.9 Å². The molecule has 0 unspecified atom stereocenters. The maximum absolute atomic E-state index is 6.03. The van der Waals surface area contributed by atoms with Gasteiger partial charge in [-0.1, -0.05) is 41.9 Å². The second-order valence-electron chi connectivity index (χ2n) is 6.65. The maximum atomic E-state index is 6.03. The van der Waals surface area contributed by atoms with Gasteiger partial charge in [-0.25, -0.2) is 9.67 Å². The minimum absolute atomic E-state index is 0.711. The zero-order valence-corrected chi connectivity index (χ0v) is 16.4. The molecular weight excluding hydrogens is 368 g/mol. The first kappa shape index (κ1) is 18.3. The second kappa shape index (κ2) is 8.28. The highest BCUT2D eigenvalue weighted by Gasteiger charge is 2.11. The van der Waals surface area contributed by atoms with E-state index in [0.717, 1.165) is 41.4 Å². The lowest BCUT2D eigenvalue weighted by molar-refractivity contribution is 0.869. The number of hydrogen-bond acceptors (Lipinski definition) is 3. The normalized spacial score (nSPS) is 10.8. The van der Waals surface area contributed by atoms with Crippen LogP contribution in [0, 0.1) is 6.92 Å². The summed E-state index contributed by atoms with van der Waals surface area (Å²) >= 11 is 6.03. The molecule has 0 aliphatic heterocycles. The van der Waals surface area contributed by atoms with Crippen LogP contribution in [0.1, 0.15) is 11.3 Å². The molecule has 2 aromatic carbocycles. The van der Waals surface area contributed by atoms with E-state index in [9.17, 15) is 0 Å². The van der Waals surface area contributed by atoms with Crippen LogP contribution < -0.4 is 5.32 Å². The second-order valence-corrected chi connectivity index (χ2v) is 7.09. The van der Waals surface area contributed by atoms with E-state index in [4.69, 9.17) is 11.6 Å². The standard InChI is InChI=1S/C23H21ClN4/c1-17-15-22(28(27-17)21-9-7-20(24)8-10-21)19-12-14-26-23(16-19)25-13-11-18-5-3-2-4-6-18/h2-10,12,14-16H,11,13H2,1H3,(H,25,26). The van der Waals surface area contributed by atoms with Crippen LogP contribution in [0.5, 0.6) is 0 Å². The van der Waals surface area contributed by atoms with Gasteiger partial charge in [0.15, 0.2) is 0 Å². The minimum atomic E-state index is 0.711. The zero-order valence-electron chi connectivity index (χ0n) is 15.6. The van der Waals surface area contributed by atoms with Crippen molar-refractivity contribution >= 4 is 17.4 Å². The van der Waals surface area contributed by atoms with Crippen LogP contribution in [0.25, 0.3) is 16.9 Å². The molecule has 5 heteroatoms. The van der Waals surface area contributed by atoms with Gasteiger partial charge < -0.3 is 5.32 Å². The SMILES string of the molecule is Cc1cc(-c2ccnc(NCCc3ccccc3)c2)n(-c2ccc(Cl)cc2)n1. The molecule has 4 rings (SSSR count). The molecule has 0 saturated heterocycles. The van der Waals surface area contributed by atoms with E-state index in [1.165, 1.54) is 5.56 Å². The van der Waals surface area contributed by atoms with Crippen LogP contribution in [0.3, 0.4) is 0 Å². The summed E-state index contributed by atoms with van der Waals surface area (Å²) in [6.07, 6.45) is 2.78. The molecule has 1 N–H and O–H groups in total. The van der Waals surface area contributed by atoms with Crippen LogP contribution in [0.2, 0.25) is 5.02 Å². The Balaban J connectivity index is 1.55.